The van der Waals surface area contributed by atoms with Gasteiger partial charge >= 0.3 is 0 Å². The first kappa shape index (κ1) is 14.6. The largest absolute Gasteiger partial charge is 0.346 e. The molecule has 2 atom stereocenters. The summed E-state index contributed by atoms with van der Waals surface area (Å²) in [5.74, 6) is 0.882. The number of alkyl halides is 1. The first-order chi connectivity index (χ1) is 10.6. The summed E-state index contributed by atoms with van der Waals surface area (Å²) >= 11 is 2.23. The molecule has 0 amide bonds. The molecule has 0 radical (unpaired) electrons. The zero-order chi connectivity index (χ0) is 15.3. The van der Waals surface area contributed by atoms with E-state index in [2.05, 4.69) is 37.5 Å². The molecule has 4 heterocycles. The first-order valence-electron chi connectivity index (χ1n) is 7.34. The number of hydrogen-bond donors (Lipinski definition) is 1. The number of aromatic nitrogens is 3. The Hall–Kier alpha value is -1.00. The average molecular weight is 417 g/mol. The van der Waals surface area contributed by atoms with Crippen molar-refractivity contribution in [3.05, 3.63) is 22.2 Å². The minimum absolute atomic E-state index is 0.229. The van der Waals surface area contributed by atoms with E-state index in [1.165, 1.54) is 0 Å². The summed E-state index contributed by atoms with van der Waals surface area (Å²) in [5.41, 5.74) is 6.70. The van der Waals surface area contributed by atoms with Crippen molar-refractivity contribution in [1.82, 2.24) is 14.4 Å². The van der Waals surface area contributed by atoms with Crippen molar-refractivity contribution < 1.29 is 9.13 Å². The van der Waals surface area contributed by atoms with Gasteiger partial charge in [-0.2, -0.15) is 0 Å². The summed E-state index contributed by atoms with van der Waals surface area (Å²) in [6, 6.07) is -0.521. The Labute approximate surface area is 141 Å². The molecule has 0 bridgehead atoms. The van der Waals surface area contributed by atoms with E-state index in [-0.39, 0.29) is 5.41 Å². The Kier molecular flexibility index (Phi) is 3.50. The Bertz CT molecular complexity index is 700. The Morgan fingerprint density at radius 1 is 1.36 bits per heavy atom. The lowest BCUT2D eigenvalue weighted by molar-refractivity contribution is 0.0000458. The van der Waals surface area contributed by atoms with Crippen molar-refractivity contribution >= 4 is 34.2 Å². The van der Waals surface area contributed by atoms with E-state index in [1.807, 2.05) is 16.8 Å². The maximum absolute atomic E-state index is 13.6. The van der Waals surface area contributed by atoms with Crippen molar-refractivity contribution in [3.63, 3.8) is 0 Å². The van der Waals surface area contributed by atoms with Crippen molar-refractivity contribution in [2.45, 2.75) is 25.2 Å². The number of nitrogens with two attached hydrogens (primary N) is 1. The molecule has 118 valence electrons. The second-order valence-electron chi connectivity index (χ2n) is 6.06. The van der Waals surface area contributed by atoms with Gasteiger partial charge in [0.1, 0.15) is 0 Å². The summed E-state index contributed by atoms with van der Waals surface area (Å²) in [7, 11) is 0. The number of ether oxygens (including phenoxy) is 1. The summed E-state index contributed by atoms with van der Waals surface area (Å²) in [5, 5.41) is 0. The van der Waals surface area contributed by atoms with E-state index in [1.54, 1.807) is 6.20 Å². The Balaban J connectivity index is 1.59. The van der Waals surface area contributed by atoms with Crippen LogP contribution in [0.1, 0.15) is 12.8 Å². The fourth-order valence-electron chi connectivity index (χ4n) is 3.46. The molecule has 2 aromatic heterocycles. The zero-order valence-electron chi connectivity index (χ0n) is 12.0. The second-order valence-corrected chi connectivity index (χ2v) is 7.23. The van der Waals surface area contributed by atoms with Gasteiger partial charge in [-0.25, -0.2) is 14.4 Å². The average Bonchev–Trinajstić information content (AvgIpc) is 3.12. The summed E-state index contributed by atoms with van der Waals surface area (Å²) in [4.78, 5) is 11.1. The van der Waals surface area contributed by atoms with Gasteiger partial charge in [0.2, 0.25) is 12.3 Å². The number of imidazole rings is 1. The molecule has 2 saturated heterocycles. The molecule has 2 aliphatic heterocycles. The van der Waals surface area contributed by atoms with E-state index in [9.17, 15) is 4.39 Å². The van der Waals surface area contributed by atoms with Crippen LogP contribution < -0.4 is 10.6 Å². The molecule has 6 nitrogen and oxygen atoms in total. The monoisotopic (exact) mass is 417 g/mol. The lowest BCUT2D eigenvalue weighted by Gasteiger charge is -2.41. The van der Waals surface area contributed by atoms with E-state index >= 15 is 0 Å². The van der Waals surface area contributed by atoms with Crippen LogP contribution in [0.2, 0.25) is 0 Å². The highest BCUT2D eigenvalue weighted by molar-refractivity contribution is 14.1. The van der Waals surface area contributed by atoms with E-state index in [0.29, 0.717) is 6.61 Å². The van der Waals surface area contributed by atoms with Crippen LogP contribution in [-0.4, -0.2) is 46.5 Å². The summed E-state index contributed by atoms with van der Waals surface area (Å²) < 4.78 is 21.7. The highest BCUT2D eigenvalue weighted by atomic mass is 127. The fraction of sp³-hybridized carbons (Fsp3) is 0.571. The number of anilines is 1. The van der Waals surface area contributed by atoms with E-state index in [0.717, 1.165) is 41.1 Å². The fourth-order valence-corrected chi connectivity index (χ4v) is 4.00. The highest BCUT2D eigenvalue weighted by Crippen LogP contribution is 2.42. The number of halogens is 2. The smallest absolute Gasteiger partial charge is 0.214 e. The summed E-state index contributed by atoms with van der Waals surface area (Å²) in [6.07, 6.45) is 5.85. The third-order valence-corrected chi connectivity index (χ3v) is 5.69. The quantitative estimate of drug-likeness (QED) is 0.714. The van der Waals surface area contributed by atoms with Crippen LogP contribution in [0.3, 0.4) is 0 Å². The minimum Gasteiger partial charge on any atom is -0.346 e. The third kappa shape index (κ3) is 2.11. The molecular formula is C14H17FIN5O. The van der Waals surface area contributed by atoms with Crippen LogP contribution in [0, 0.1) is 8.99 Å². The van der Waals surface area contributed by atoms with Gasteiger partial charge in [-0.05, 0) is 35.4 Å². The van der Waals surface area contributed by atoms with Gasteiger partial charge in [-0.1, -0.05) is 0 Å². The van der Waals surface area contributed by atoms with Gasteiger partial charge in [-0.15, -0.1) is 0 Å². The molecule has 2 aliphatic rings. The van der Waals surface area contributed by atoms with Crippen molar-refractivity contribution in [1.29, 1.82) is 0 Å². The van der Waals surface area contributed by atoms with Gasteiger partial charge in [0.05, 0.1) is 16.2 Å². The predicted octanol–water partition coefficient (Wildman–Crippen LogP) is 1.57. The second kappa shape index (κ2) is 5.27. The SMILES string of the molecule is N[C@@H]1[C@@H](F)OCC12CCN(c1ncc(I)c3nccn13)CC2. The van der Waals surface area contributed by atoms with Crippen molar-refractivity contribution in [3.8, 4) is 0 Å². The molecule has 4 rings (SSSR count). The standard InChI is InChI=1S/C14H17FIN5O/c15-11-10(17)14(8-22-11)1-4-20(5-2-14)13-19-7-9(16)12-18-3-6-21(12)13/h3,6-7,10-11H,1-2,4-5,8,17H2/t10-,11+/m1/s1. The molecule has 22 heavy (non-hydrogen) atoms. The van der Waals surface area contributed by atoms with Crippen LogP contribution in [0.4, 0.5) is 10.3 Å². The lowest BCUT2D eigenvalue weighted by atomic mass is 9.75. The third-order valence-electron chi connectivity index (χ3n) is 4.92. The molecule has 2 aromatic rings. The molecular weight excluding hydrogens is 400 g/mol. The van der Waals surface area contributed by atoms with Crippen molar-refractivity contribution in [2.24, 2.45) is 11.1 Å². The number of hydrogen-bond acceptors (Lipinski definition) is 5. The van der Waals surface area contributed by atoms with Crippen LogP contribution in [0.25, 0.3) is 5.65 Å². The normalized spacial score (nSPS) is 27.9. The maximum atomic E-state index is 13.6. The van der Waals surface area contributed by atoms with Crippen LogP contribution in [0.15, 0.2) is 18.6 Å². The highest BCUT2D eigenvalue weighted by Gasteiger charge is 2.49. The molecule has 2 N–H and O–H groups in total. The molecule has 0 saturated carbocycles. The van der Waals surface area contributed by atoms with Crippen LogP contribution in [-0.2, 0) is 4.74 Å². The summed E-state index contributed by atoms with van der Waals surface area (Å²) in [6.45, 7) is 2.01. The molecule has 0 unspecified atom stereocenters. The predicted molar refractivity (Wildman–Crippen MR) is 88.4 cm³/mol. The van der Waals surface area contributed by atoms with Gasteiger partial charge in [0.15, 0.2) is 5.65 Å². The van der Waals surface area contributed by atoms with Crippen LogP contribution >= 0.6 is 22.6 Å². The molecule has 8 heteroatoms. The van der Waals surface area contributed by atoms with E-state index in [4.69, 9.17) is 10.5 Å². The van der Waals surface area contributed by atoms with Gasteiger partial charge in [0, 0.05) is 37.1 Å². The Morgan fingerprint density at radius 3 is 2.82 bits per heavy atom. The number of rotatable bonds is 1. The molecule has 0 aliphatic carbocycles. The number of nitrogens with zero attached hydrogens (tertiary/aromatic N) is 4. The van der Waals surface area contributed by atoms with Gasteiger partial charge < -0.3 is 15.4 Å². The Morgan fingerprint density at radius 2 is 2.14 bits per heavy atom. The van der Waals surface area contributed by atoms with Crippen molar-refractivity contribution in [2.75, 3.05) is 24.6 Å². The molecule has 0 aromatic carbocycles. The first-order valence-corrected chi connectivity index (χ1v) is 8.42. The lowest BCUT2D eigenvalue weighted by Crippen LogP contribution is -2.50. The van der Waals surface area contributed by atoms with E-state index < -0.39 is 12.4 Å². The number of piperidine rings is 1. The zero-order valence-corrected chi connectivity index (χ0v) is 14.1. The maximum Gasteiger partial charge on any atom is 0.214 e. The molecule has 1 spiro atoms. The van der Waals surface area contributed by atoms with Gasteiger partial charge in [0.25, 0.3) is 0 Å². The topological polar surface area (TPSA) is 68.7 Å². The van der Waals surface area contributed by atoms with Crippen LogP contribution in [0.5, 0.6) is 0 Å². The minimum atomic E-state index is -1.33. The van der Waals surface area contributed by atoms with Gasteiger partial charge in [-0.3, -0.25) is 4.40 Å². The number of fused-ring (bicyclic) bond motifs is 1. The molecule has 2 fully saturated rings.